The highest BCUT2D eigenvalue weighted by Crippen LogP contribution is 2.28. The van der Waals surface area contributed by atoms with Crippen molar-refractivity contribution in [2.75, 3.05) is 25.6 Å². The lowest BCUT2D eigenvalue weighted by Crippen LogP contribution is -2.16. The van der Waals surface area contributed by atoms with Gasteiger partial charge in [0.2, 0.25) is 5.78 Å². The fourth-order valence-electron chi connectivity index (χ4n) is 2.15. The molecule has 130 valence electrons. The van der Waals surface area contributed by atoms with Gasteiger partial charge in [-0.2, -0.15) is 0 Å². The molecule has 0 amide bonds. The van der Waals surface area contributed by atoms with E-state index in [9.17, 15) is 19.7 Å². The van der Waals surface area contributed by atoms with E-state index in [1.54, 1.807) is 37.2 Å². The van der Waals surface area contributed by atoms with Gasteiger partial charge in [-0.25, -0.2) is 4.79 Å². The van der Waals surface area contributed by atoms with Crippen molar-refractivity contribution in [1.82, 2.24) is 0 Å². The second-order valence-electron chi connectivity index (χ2n) is 5.33. The number of anilines is 1. The van der Waals surface area contributed by atoms with Gasteiger partial charge in [0.25, 0.3) is 5.69 Å². The van der Waals surface area contributed by atoms with Gasteiger partial charge in [-0.3, -0.25) is 14.9 Å². The van der Waals surface area contributed by atoms with E-state index in [1.165, 1.54) is 18.2 Å². The SMILES string of the molecule is CN(C)c1ccc(C(=O)OCC(=O)c2ccccc2Cl)cc1[N+](=O)[O-]. The van der Waals surface area contributed by atoms with Crippen LogP contribution in [-0.2, 0) is 4.74 Å². The zero-order valence-electron chi connectivity index (χ0n) is 13.6. The first-order valence-corrected chi connectivity index (χ1v) is 7.59. The monoisotopic (exact) mass is 362 g/mol. The number of benzene rings is 2. The van der Waals surface area contributed by atoms with E-state index in [0.717, 1.165) is 6.07 Å². The lowest BCUT2D eigenvalue weighted by Gasteiger charge is -2.13. The molecule has 0 saturated carbocycles. The Labute approximate surface area is 148 Å². The predicted octanol–water partition coefficient (Wildman–Crippen LogP) is 3.35. The first kappa shape index (κ1) is 18.4. The van der Waals surface area contributed by atoms with Gasteiger partial charge < -0.3 is 9.64 Å². The number of esters is 1. The van der Waals surface area contributed by atoms with E-state index in [0.29, 0.717) is 5.69 Å². The average Bonchev–Trinajstić information content (AvgIpc) is 2.59. The Morgan fingerprint density at radius 3 is 2.48 bits per heavy atom. The van der Waals surface area contributed by atoms with E-state index < -0.39 is 23.3 Å². The molecule has 25 heavy (non-hydrogen) atoms. The highest BCUT2D eigenvalue weighted by molar-refractivity contribution is 6.34. The van der Waals surface area contributed by atoms with E-state index >= 15 is 0 Å². The summed E-state index contributed by atoms with van der Waals surface area (Å²) >= 11 is 5.91. The van der Waals surface area contributed by atoms with E-state index in [2.05, 4.69) is 0 Å². The third-order valence-corrected chi connectivity index (χ3v) is 3.73. The Kier molecular flexibility index (Phi) is 5.71. The topological polar surface area (TPSA) is 89.8 Å². The molecule has 0 aliphatic rings. The summed E-state index contributed by atoms with van der Waals surface area (Å²) in [6.07, 6.45) is 0. The third kappa shape index (κ3) is 4.33. The van der Waals surface area contributed by atoms with Crippen molar-refractivity contribution in [2.24, 2.45) is 0 Å². The Morgan fingerprint density at radius 1 is 1.20 bits per heavy atom. The number of halogens is 1. The molecule has 0 radical (unpaired) electrons. The largest absolute Gasteiger partial charge is 0.454 e. The van der Waals surface area contributed by atoms with Gasteiger partial charge in [-0.05, 0) is 24.3 Å². The molecule has 0 aliphatic carbocycles. The van der Waals surface area contributed by atoms with Gasteiger partial charge in [-0.15, -0.1) is 0 Å². The molecule has 0 aromatic heterocycles. The number of carbonyl (C=O) groups excluding carboxylic acids is 2. The average molecular weight is 363 g/mol. The van der Waals surface area contributed by atoms with Crippen LogP contribution in [0.15, 0.2) is 42.5 Å². The third-order valence-electron chi connectivity index (χ3n) is 3.40. The zero-order chi connectivity index (χ0) is 18.6. The molecular formula is C17H15ClN2O5. The van der Waals surface area contributed by atoms with Gasteiger partial charge in [0.05, 0.1) is 15.5 Å². The number of rotatable bonds is 6. The van der Waals surface area contributed by atoms with Gasteiger partial charge in [0.1, 0.15) is 5.69 Å². The predicted molar refractivity (Wildman–Crippen MR) is 93.5 cm³/mol. The summed E-state index contributed by atoms with van der Waals surface area (Å²) in [6, 6.07) is 10.4. The normalized spacial score (nSPS) is 10.2. The minimum absolute atomic E-state index is 0.00995. The van der Waals surface area contributed by atoms with Crippen molar-refractivity contribution in [3.8, 4) is 0 Å². The minimum Gasteiger partial charge on any atom is -0.454 e. The second kappa shape index (κ2) is 7.76. The number of ketones is 1. The highest BCUT2D eigenvalue weighted by atomic mass is 35.5. The fraction of sp³-hybridized carbons (Fsp3) is 0.176. The minimum atomic E-state index is -0.825. The summed E-state index contributed by atoms with van der Waals surface area (Å²) in [4.78, 5) is 36.2. The number of ether oxygens (including phenoxy) is 1. The summed E-state index contributed by atoms with van der Waals surface area (Å²) in [5.41, 5.74) is 0.362. The molecule has 2 aromatic rings. The molecule has 0 aliphatic heterocycles. The number of nitro groups is 1. The van der Waals surface area contributed by atoms with Crippen LogP contribution in [0.4, 0.5) is 11.4 Å². The van der Waals surface area contributed by atoms with Crippen LogP contribution in [0, 0.1) is 10.1 Å². The first-order chi connectivity index (χ1) is 11.8. The lowest BCUT2D eigenvalue weighted by atomic mass is 10.1. The van der Waals surface area contributed by atoms with Gasteiger partial charge in [-0.1, -0.05) is 23.7 Å². The standard InChI is InChI=1S/C17H15ClN2O5/c1-19(2)14-8-7-11(9-15(14)20(23)24)17(22)25-10-16(21)12-5-3-4-6-13(12)18/h3-9H,10H2,1-2H3. The molecule has 0 bridgehead atoms. The maximum Gasteiger partial charge on any atom is 0.338 e. The summed E-state index contributed by atoms with van der Waals surface area (Å²) < 4.78 is 4.95. The van der Waals surface area contributed by atoms with Crippen molar-refractivity contribution in [3.05, 3.63) is 68.7 Å². The highest BCUT2D eigenvalue weighted by Gasteiger charge is 2.20. The molecule has 0 atom stereocenters. The van der Waals surface area contributed by atoms with E-state index in [-0.39, 0.29) is 21.8 Å². The van der Waals surface area contributed by atoms with Crippen LogP contribution < -0.4 is 4.90 Å². The maximum absolute atomic E-state index is 12.1. The first-order valence-electron chi connectivity index (χ1n) is 7.22. The number of nitrogens with zero attached hydrogens (tertiary/aromatic N) is 2. The number of Topliss-reactive ketones (excluding diaryl/α,β-unsaturated/α-hetero) is 1. The van der Waals surface area contributed by atoms with Crippen molar-refractivity contribution in [1.29, 1.82) is 0 Å². The molecule has 0 spiro atoms. The summed E-state index contributed by atoms with van der Waals surface area (Å²) in [5.74, 6) is -1.29. The molecule has 7 nitrogen and oxygen atoms in total. The lowest BCUT2D eigenvalue weighted by molar-refractivity contribution is -0.384. The van der Waals surface area contributed by atoms with E-state index in [1.807, 2.05) is 0 Å². The Balaban J connectivity index is 2.13. The molecular weight excluding hydrogens is 348 g/mol. The van der Waals surface area contributed by atoms with Crippen molar-refractivity contribution < 1.29 is 19.2 Å². The summed E-state index contributed by atoms with van der Waals surface area (Å²) in [5, 5.41) is 11.4. The molecule has 2 rings (SSSR count). The van der Waals surface area contributed by atoms with Gasteiger partial charge >= 0.3 is 5.97 Å². The quantitative estimate of drug-likeness (QED) is 0.339. The van der Waals surface area contributed by atoms with Crippen LogP contribution in [0.5, 0.6) is 0 Å². The molecule has 2 aromatic carbocycles. The van der Waals surface area contributed by atoms with E-state index in [4.69, 9.17) is 16.3 Å². The number of hydrogen-bond acceptors (Lipinski definition) is 6. The van der Waals surface area contributed by atoms with Crippen LogP contribution in [0.1, 0.15) is 20.7 Å². The summed E-state index contributed by atoms with van der Waals surface area (Å²) in [6.45, 7) is -0.508. The van der Waals surface area contributed by atoms with Crippen LogP contribution in [0.2, 0.25) is 5.02 Å². The fourth-order valence-corrected chi connectivity index (χ4v) is 2.40. The molecule has 0 N–H and O–H groups in total. The van der Waals surface area contributed by atoms with Crippen LogP contribution in [0.25, 0.3) is 0 Å². The Hall–Kier alpha value is -2.93. The Bertz CT molecular complexity index is 836. The molecule has 0 unspecified atom stereocenters. The second-order valence-corrected chi connectivity index (χ2v) is 5.74. The molecule has 0 saturated heterocycles. The number of hydrogen-bond donors (Lipinski definition) is 0. The maximum atomic E-state index is 12.1. The van der Waals surface area contributed by atoms with Crippen molar-refractivity contribution in [2.45, 2.75) is 0 Å². The summed E-state index contributed by atoms with van der Waals surface area (Å²) in [7, 11) is 3.31. The number of nitro benzene ring substituents is 1. The van der Waals surface area contributed by atoms with Crippen molar-refractivity contribution >= 4 is 34.7 Å². The van der Waals surface area contributed by atoms with Crippen LogP contribution in [0.3, 0.4) is 0 Å². The van der Waals surface area contributed by atoms with Crippen LogP contribution in [-0.4, -0.2) is 37.4 Å². The Morgan fingerprint density at radius 2 is 1.88 bits per heavy atom. The molecule has 8 heteroatoms. The van der Waals surface area contributed by atoms with Crippen LogP contribution >= 0.6 is 11.6 Å². The molecule has 0 fully saturated rings. The van der Waals surface area contributed by atoms with Gasteiger partial charge in [0.15, 0.2) is 6.61 Å². The molecule has 0 heterocycles. The van der Waals surface area contributed by atoms with Crippen molar-refractivity contribution in [3.63, 3.8) is 0 Å². The zero-order valence-corrected chi connectivity index (χ0v) is 14.3. The van der Waals surface area contributed by atoms with Gasteiger partial charge in [0, 0.05) is 25.7 Å². The smallest absolute Gasteiger partial charge is 0.338 e. The number of carbonyl (C=O) groups is 2.